The molecule has 2 heterocycles. The second kappa shape index (κ2) is 10.4. The molecule has 1 fully saturated rings. The smallest absolute Gasteiger partial charge is 0.234 e. The number of rotatable bonds is 8. The molecular weight excluding hydrogens is 416 g/mol. The Kier molecular flexibility index (Phi) is 7.30. The highest BCUT2D eigenvalue weighted by Crippen LogP contribution is 2.27. The van der Waals surface area contributed by atoms with Crippen molar-refractivity contribution >= 4 is 16.9 Å². The topological polar surface area (TPSA) is 68.6 Å². The SMILES string of the molecule is CO[C@@]1(COc2ccc(C)cc2)CCCN(CC(=O)NCc2nc3ccccc3n2C)CC1. The van der Waals surface area contributed by atoms with Crippen LogP contribution in [0, 0.1) is 6.92 Å². The number of carbonyl (C=O) groups is 1. The molecule has 1 aliphatic heterocycles. The number of benzene rings is 2. The highest BCUT2D eigenvalue weighted by Gasteiger charge is 2.34. The van der Waals surface area contributed by atoms with Crippen molar-refractivity contribution in [2.45, 2.75) is 38.3 Å². The minimum atomic E-state index is -0.330. The number of carbonyl (C=O) groups excluding carboxylic acids is 1. The summed E-state index contributed by atoms with van der Waals surface area (Å²) in [6, 6.07) is 16.1. The molecule has 7 nitrogen and oxygen atoms in total. The third-order valence-electron chi connectivity index (χ3n) is 6.64. The van der Waals surface area contributed by atoms with Crippen LogP contribution in [0.1, 0.15) is 30.7 Å². The Hall–Kier alpha value is -2.90. The summed E-state index contributed by atoms with van der Waals surface area (Å²) in [6.45, 7) is 5.04. The number of aromatic nitrogens is 2. The summed E-state index contributed by atoms with van der Waals surface area (Å²) in [5, 5.41) is 3.03. The van der Waals surface area contributed by atoms with Gasteiger partial charge in [-0.1, -0.05) is 29.8 Å². The molecule has 176 valence electrons. The fourth-order valence-electron chi connectivity index (χ4n) is 4.43. The van der Waals surface area contributed by atoms with Crippen molar-refractivity contribution in [1.29, 1.82) is 0 Å². The quantitative estimate of drug-likeness (QED) is 0.569. The number of hydrogen-bond acceptors (Lipinski definition) is 5. The average Bonchev–Trinajstić information content (AvgIpc) is 3.01. The van der Waals surface area contributed by atoms with Gasteiger partial charge in [-0.25, -0.2) is 4.98 Å². The molecule has 1 amide bonds. The lowest BCUT2D eigenvalue weighted by atomic mass is 9.95. The minimum absolute atomic E-state index is 0.0166. The van der Waals surface area contributed by atoms with Crippen LogP contribution in [0.15, 0.2) is 48.5 Å². The van der Waals surface area contributed by atoms with Crippen molar-refractivity contribution in [2.24, 2.45) is 7.05 Å². The van der Waals surface area contributed by atoms with Crippen molar-refractivity contribution in [2.75, 3.05) is 33.4 Å². The Bertz CT molecular complexity index is 1080. The Morgan fingerprint density at radius 3 is 2.67 bits per heavy atom. The van der Waals surface area contributed by atoms with E-state index in [0.717, 1.165) is 55.0 Å². The molecule has 0 spiro atoms. The largest absolute Gasteiger partial charge is 0.491 e. The van der Waals surface area contributed by atoms with E-state index in [1.54, 1.807) is 7.11 Å². The predicted molar refractivity (Wildman–Crippen MR) is 129 cm³/mol. The van der Waals surface area contributed by atoms with Crippen LogP contribution in [-0.2, 0) is 23.1 Å². The molecule has 2 aromatic carbocycles. The normalized spacial score (nSPS) is 19.4. The van der Waals surface area contributed by atoms with E-state index in [-0.39, 0.29) is 11.5 Å². The number of fused-ring (bicyclic) bond motifs is 1. The van der Waals surface area contributed by atoms with Crippen LogP contribution in [0.4, 0.5) is 0 Å². The Morgan fingerprint density at radius 2 is 1.91 bits per heavy atom. The van der Waals surface area contributed by atoms with E-state index < -0.39 is 0 Å². The van der Waals surface area contributed by atoms with E-state index in [4.69, 9.17) is 9.47 Å². The van der Waals surface area contributed by atoms with Crippen LogP contribution in [-0.4, -0.2) is 59.3 Å². The van der Waals surface area contributed by atoms with Crippen LogP contribution in [0.25, 0.3) is 11.0 Å². The molecule has 0 saturated carbocycles. The zero-order valence-electron chi connectivity index (χ0n) is 19.8. The highest BCUT2D eigenvalue weighted by atomic mass is 16.5. The Labute approximate surface area is 195 Å². The molecule has 1 saturated heterocycles. The maximum Gasteiger partial charge on any atom is 0.234 e. The molecule has 7 heteroatoms. The fourth-order valence-corrected chi connectivity index (χ4v) is 4.43. The Morgan fingerprint density at radius 1 is 1.12 bits per heavy atom. The van der Waals surface area contributed by atoms with Gasteiger partial charge in [0.25, 0.3) is 0 Å². The lowest BCUT2D eigenvalue weighted by molar-refractivity contribution is -0.122. The van der Waals surface area contributed by atoms with E-state index in [0.29, 0.717) is 19.7 Å². The molecule has 1 atom stereocenters. The van der Waals surface area contributed by atoms with E-state index >= 15 is 0 Å². The predicted octanol–water partition coefficient (Wildman–Crippen LogP) is 3.45. The molecular formula is C26H34N4O3. The van der Waals surface area contributed by atoms with Gasteiger partial charge in [0.05, 0.1) is 24.1 Å². The summed E-state index contributed by atoms with van der Waals surface area (Å²) < 4.78 is 14.0. The van der Waals surface area contributed by atoms with Crippen molar-refractivity contribution in [3.8, 4) is 5.75 Å². The van der Waals surface area contributed by atoms with Gasteiger partial charge in [0.2, 0.25) is 5.91 Å². The minimum Gasteiger partial charge on any atom is -0.491 e. The number of ether oxygens (including phenoxy) is 2. The zero-order valence-corrected chi connectivity index (χ0v) is 19.8. The molecule has 1 N–H and O–H groups in total. The number of methoxy groups -OCH3 is 1. The number of nitrogens with zero attached hydrogens (tertiary/aromatic N) is 3. The molecule has 3 aromatic rings. The van der Waals surface area contributed by atoms with Gasteiger partial charge in [0, 0.05) is 20.7 Å². The molecule has 1 aliphatic rings. The second-order valence-corrected chi connectivity index (χ2v) is 8.97. The molecule has 0 radical (unpaired) electrons. The average molecular weight is 451 g/mol. The van der Waals surface area contributed by atoms with Gasteiger partial charge in [-0.15, -0.1) is 0 Å². The lowest BCUT2D eigenvalue weighted by Gasteiger charge is -2.31. The van der Waals surface area contributed by atoms with Gasteiger partial charge >= 0.3 is 0 Å². The number of nitrogens with one attached hydrogen (secondary N) is 1. The van der Waals surface area contributed by atoms with Crippen molar-refractivity contribution < 1.29 is 14.3 Å². The third kappa shape index (κ3) is 5.72. The number of para-hydroxylation sites is 2. The molecule has 0 bridgehead atoms. The summed E-state index contributed by atoms with van der Waals surface area (Å²) in [6.07, 6.45) is 2.70. The number of aryl methyl sites for hydroxylation is 2. The summed E-state index contributed by atoms with van der Waals surface area (Å²) in [4.78, 5) is 19.5. The van der Waals surface area contributed by atoms with Crippen molar-refractivity contribution in [1.82, 2.24) is 19.8 Å². The maximum atomic E-state index is 12.6. The van der Waals surface area contributed by atoms with Crippen LogP contribution in [0.2, 0.25) is 0 Å². The van der Waals surface area contributed by atoms with E-state index in [2.05, 4.69) is 34.3 Å². The lowest BCUT2D eigenvalue weighted by Crippen LogP contribution is -2.41. The van der Waals surface area contributed by atoms with Crippen molar-refractivity contribution in [3.63, 3.8) is 0 Å². The monoisotopic (exact) mass is 450 g/mol. The van der Waals surface area contributed by atoms with Gasteiger partial charge in [0.1, 0.15) is 23.8 Å². The maximum absolute atomic E-state index is 12.6. The van der Waals surface area contributed by atoms with E-state index in [1.807, 2.05) is 48.0 Å². The van der Waals surface area contributed by atoms with Crippen LogP contribution in [0.5, 0.6) is 5.75 Å². The first-order chi connectivity index (χ1) is 16.0. The first-order valence-corrected chi connectivity index (χ1v) is 11.6. The number of amides is 1. The molecule has 4 rings (SSSR count). The highest BCUT2D eigenvalue weighted by molar-refractivity contribution is 5.78. The summed E-state index contributed by atoms with van der Waals surface area (Å²) in [5.74, 6) is 1.73. The molecule has 33 heavy (non-hydrogen) atoms. The molecule has 0 aliphatic carbocycles. The van der Waals surface area contributed by atoms with E-state index in [9.17, 15) is 4.79 Å². The summed E-state index contributed by atoms with van der Waals surface area (Å²) in [7, 11) is 3.74. The van der Waals surface area contributed by atoms with Crippen LogP contribution >= 0.6 is 0 Å². The second-order valence-electron chi connectivity index (χ2n) is 8.97. The number of hydrogen-bond donors (Lipinski definition) is 1. The fraction of sp³-hybridized carbons (Fsp3) is 0.462. The van der Waals surface area contributed by atoms with Crippen LogP contribution < -0.4 is 10.1 Å². The van der Waals surface area contributed by atoms with Gasteiger partial charge in [-0.3, -0.25) is 9.69 Å². The van der Waals surface area contributed by atoms with Gasteiger partial charge in [0.15, 0.2) is 0 Å². The van der Waals surface area contributed by atoms with Gasteiger partial charge in [-0.05, 0) is 57.0 Å². The summed E-state index contributed by atoms with van der Waals surface area (Å²) >= 11 is 0. The van der Waals surface area contributed by atoms with Crippen LogP contribution in [0.3, 0.4) is 0 Å². The third-order valence-corrected chi connectivity index (χ3v) is 6.64. The van der Waals surface area contributed by atoms with Gasteiger partial charge < -0.3 is 19.4 Å². The Balaban J connectivity index is 1.28. The first-order valence-electron chi connectivity index (χ1n) is 11.6. The molecule has 0 unspecified atom stereocenters. The number of imidazole rings is 1. The first kappa shape index (κ1) is 23.3. The number of likely N-dealkylation sites (tertiary alicyclic amines) is 1. The summed E-state index contributed by atoms with van der Waals surface area (Å²) in [5.41, 5.74) is 2.89. The molecule has 1 aromatic heterocycles. The zero-order chi connectivity index (χ0) is 23.3. The van der Waals surface area contributed by atoms with Crippen molar-refractivity contribution in [3.05, 3.63) is 59.9 Å². The standard InChI is InChI=1S/C26H34N4O3/c1-20-9-11-21(12-10-20)33-19-26(32-3)13-6-15-30(16-14-26)18-25(31)27-17-24-28-22-7-4-5-8-23(22)29(24)2/h4-5,7-12H,6,13-19H2,1-3H3,(H,27,31)/t26-/m0/s1. The van der Waals surface area contributed by atoms with E-state index in [1.165, 1.54) is 5.56 Å². The van der Waals surface area contributed by atoms with Gasteiger partial charge in [-0.2, -0.15) is 0 Å².